The fourth-order valence-electron chi connectivity index (χ4n) is 4.67. The largest absolute Gasteiger partial charge is 0.463 e. The summed E-state index contributed by atoms with van der Waals surface area (Å²) < 4.78 is 84.7. The third kappa shape index (κ3) is 8.68. The number of benzene rings is 2. The van der Waals surface area contributed by atoms with Crippen molar-refractivity contribution in [2.24, 2.45) is 5.92 Å². The Hall–Kier alpha value is -5.20. The summed E-state index contributed by atoms with van der Waals surface area (Å²) >= 11 is 0. The van der Waals surface area contributed by atoms with Crippen LogP contribution >= 0.6 is 0 Å². The highest BCUT2D eigenvalue weighted by molar-refractivity contribution is 7.90. The van der Waals surface area contributed by atoms with Gasteiger partial charge in [-0.3, -0.25) is 19.4 Å². The average Bonchev–Trinajstić information content (AvgIpc) is 3.58. The highest BCUT2D eigenvalue weighted by Gasteiger charge is 2.37. The fraction of sp³-hybridized carbons (Fsp3) is 0.419. The van der Waals surface area contributed by atoms with Gasteiger partial charge in [0.25, 0.3) is 16.3 Å². The summed E-state index contributed by atoms with van der Waals surface area (Å²) in [6.07, 6.45) is -5.84. The van der Waals surface area contributed by atoms with Crippen LogP contribution in [0, 0.1) is 12.8 Å². The van der Waals surface area contributed by atoms with Crippen LogP contribution in [0.3, 0.4) is 0 Å². The molecule has 2 aromatic carbocycles. The van der Waals surface area contributed by atoms with Crippen molar-refractivity contribution in [1.82, 2.24) is 24.5 Å². The lowest BCUT2D eigenvalue weighted by Gasteiger charge is -2.36. The van der Waals surface area contributed by atoms with E-state index in [-0.39, 0.29) is 34.8 Å². The molecule has 0 spiro atoms. The molecule has 1 aliphatic heterocycles. The van der Waals surface area contributed by atoms with Crippen molar-refractivity contribution in [3.8, 4) is 16.9 Å². The number of halogens is 3. The molecule has 0 saturated carbocycles. The first kappa shape index (κ1) is 36.1. The maximum Gasteiger partial charge on any atom is 0.435 e. The zero-order valence-corrected chi connectivity index (χ0v) is 28.2. The van der Waals surface area contributed by atoms with Crippen LogP contribution in [0.15, 0.2) is 64.1 Å². The lowest BCUT2D eigenvalue weighted by molar-refractivity contribution is -0.184. The molecule has 1 unspecified atom stereocenters. The van der Waals surface area contributed by atoms with Gasteiger partial charge in [0.2, 0.25) is 5.91 Å². The third-order valence-corrected chi connectivity index (χ3v) is 8.95. The van der Waals surface area contributed by atoms with Gasteiger partial charge in [0, 0.05) is 25.5 Å². The van der Waals surface area contributed by atoms with Crippen LogP contribution < -0.4 is 14.6 Å². The molecule has 2 atom stereocenters. The number of aromatic nitrogens is 4. The number of rotatable bonds is 14. The van der Waals surface area contributed by atoms with Gasteiger partial charge in [0.1, 0.15) is 11.6 Å². The van der Waals surface area contributed by atoms with Gasteiger partial charge in [-0.2, -0.15) is 22.9 Å². The topological polar surface area (TPSA) is 169 Å². The number of hydrogen-bond donors (Lipinski definition) is 1. The van der Waals surface area contributed by atoms with Gasteiger partial charge in [-0.1, -0.05) is 43.7 Å². The summed E-state index contributed by atoms with van der Waals surface area (Å²) in [6, 6.07) is 12.2. The molecule has 0 radical (unpaired) electrons. The molecule has 19 heteroatoms. The smallest absolute Gasteiger partial charge is 0.435 e. The van der Waals surface area contributed by atoms with Crippen molar-refractivity contribution in [2.75, 3.05) is 18.2 Å². The molecule has 1 fully saturated rings. The highest BCUT2D eigenvalue weighted by Crippen LogP contribution is 2.33. The molecule has 1 amide bonds. The molecule has 0 bridgehead atoms. The zero-order valence-electron chi connectivity index (χ0n) is 27.4. The minimum absolute atomic E-state index is 0.0387. The van der Waals surface area contributed by atoms with E-state index in [0.29, 0.717) is 18.5 Å². The second-order valence-electron chi connectivity index (χ2n) is 11.8. The number of carbonyl (C=O) groups is 3. The molecule has 270 valence electrons. The predicted molar refractivity (Wildman–Crippen MR) is 167 cm³/mol. The van der Waals surface area contributed by atoms with E-state index in [1.807, 2.05) is 11.6 Å². The van der Waals surface area contributed by atoms with Gasteiger partial charge >= 0.3 is 18.1 Å². The number of carbonyl (C=O) groups excluding carboxylic acids is 3. The molecule has 50 heavy (non-hydrogen) atoms. The normalized spacial score (nSPS) is 15.4. The molecular weight excluding hydrogens is 689 g/mol. The fourth-order valence-corrected chi connectivity index (χ4v) is 5.68. The molecule has 15 nitrogen and oxygen atoms in total. The number of nitrogens with zero attached hydrogens (tertiary/aromatic N) is 5. The third-order valence-electron chi connectivity index (χ3n) is 7.56. The number of hydrogen-bond acceptors (Lipinski definition) is 11. The van der Waals surface area contributed by atoms with Crippen molar-refractivity contribution in [2.45, 2.75) is 70.4 Å². The number of amides is 1. The lowest BCUT2D eigenvalue weighted by Crippen LogP contribution is -2.56. The number of esters is 2. The monoisotopic (exact) mass is 724 g/mol. The van der Waals surface area contributed by atoms with Crippen LogP contribution in [0.25, 0.3) is 16.9 Å². The molecule has 4 aromatic rings. The first-order chi connectivity index (χ1) is 23.5. The summed E-state index contributed by atoms with van der Waals surface area (Å²) in [6.45, 7) is 7.26. The van der Waals surface area contributed by atoms with E-state index < -0.39 is 58.9 Å². The van der Waals surface area contributed by atoms with Crippen molar-refractivity contribution in [3.63, 3.8) is 0 Å². The average molecular weight is 725 g/mol. The Bertz CT molecular complexity index is 1930. The van der Waals surface area contributed by atoms with Gasteiger partial charge in [0.15, 0.2) is 5.69 Å². The van der Waals surface area contributed by atoms with E-state index in [4.69, 9.17) is 18.9 Å². The summed E-state index contributed by atoms with van der Waals surface area (Å²) in [5.41, 5.74) is 0.551. The highest BCUT2D eigenvalue weighted by atomic mass is 32.2. The van der Waals surface area contributed by atoms with E-state index in [1.54, 1.807) is 43.1 Å². The second-order valence-corrected chi connectivity index (χ2v) is 13.5. The van der Waals surface area contributed by atoms with Crippen LogP contribution in [0.2, 0.25) is 0 Å². The van der Waals surface area contributed by atoms with Crippen LogP contribution in [0.1, 0.15) is 51.3 Å². The Morgan fingerprint density at radius 2 is 1.72 bits per heavy atom. The Balaban J connectivity index is 1.10. The van der Waals surface area contributed by atoms with Crippen molar-refractivity contribution >= 4 is 27.9 Å². The summed E-state index contributed by atoms with van der Waals surface area (Å²) in [4.78, 5) is 42.7. The molecule has 0 aliphatic carbocycles. The van der Waals surface area contributed by atoms with Crippen molar-refractivity contribution in [1.29, 1.82) is 0 Å². The zero-order chi connectivity index (χ0) is 36.4. The molecule has 1 saturated heterocycles. The summed E-state index contributed by atoms with van der Waals surface area (Å²) in [5.74, 6) is -2.46. The van der Waals surface area contributed by atoms with Gasteiger partial charge in [-0.05, 0) is 43.7 Å². The minimum Gasteiger partial charge on any atom is -0.463 e. The number of sulfonamides is 1. The first-order valence-corrected chi connectivity index (χ1v) is 17.0. The SMILES string of the molecule is Cc1ccc(-c2cc(C(F)(F)F)nn2-c2ccc(S(=O)(=O)NC(=O)CCC(=O)OC[C@@H]3CCN3n3on3OC(C)OC(=O)C(C)C)cc2)cc1. The predicted octanol–water partition coefficient (Wildman–Crippen LogP) is 3.58. The number of nitrogens with one attached hydrogen (secondary N) is 1. The van der Waals surface area contributed by atoms with Crippen LogP contribution in [0.5, 0.6) is 0 Å². The Kier molecular flexibility index (Phi) is 10.4. The van der Waals surface area contributed by atoms with E-state index >= 15 is 0 Å². The molecular formula is C31H35F3N6O9S. The maximum atomic E-state index is 13.5. The molecule has 3 heterocycles. The van der Waals surface area contributed by atoms with Crippen molar-refractivity contribution in [3.05, 3.63) is 65.9 Å². The maximum absolute atomic E-state index is 13.5. The Morgan fingerprint density at radius 1 is 1.04 bits per heavy atom. The van der Waals surface area contributed by atoms with Gasteiger partial charge in [0.05, 0.1) is 39.6 Å². The Labute approximate surface area is 284 Å². The lowest BCUT2D eigenvalue weighted by atomic mass is 10.1. The van der Waals surface area contributed by atoms with E-state index in [9.17, 15) is 36.0 Å². The quantitative estimate of drug-likeness (QED) is 0.149. The first-order valence-electron chi connectivity index (χ1n) is 15.5. The minimum atomic E-state index is -4.71. The molecule has 1 aliphatic rings. The number of alkyl halides is 3. The van der Waals surface area contributed by atoms with Crippen LogP contribution in [-0.2, 0) is 40.1 Å². The van der Waals surface area contributed by atoms with Crippen LogP contribution in [-0.4, -0.2) is 71.5 Å². The van der Waals surface area contributed by atoms with Gasteiger partial charge in [-0.15, -0.1) is 0 Å². The summed E-state index contributed by atoms with van der Waals surface area (Å²) in [7, 11) is -4.38. The molecule has 1 N–H and O–H groups in total. The van der Waals surface area contributed by atoms with E-state index in [2.05, 4.69) is 5.10 Å². The van der Waals surface area contributed by atoms with Gasteiger partial charge in [-0.25, -0.2) is 17.8 Å². The standard InChI is InChI=1S/C31H35F3N6O9S/c1-19(2)30(43)47-21(4)48-40-39(49-40)37-16-15-24(37)18-46-29(42)14-13-28(41)36-50(44,45)25-11-9-23(10-12-25)38-26(17-27(35-38)31(32,33)34)22-7-5-20(3)6-8-22/h5-12,17,19,21,24H,13-16,18H2,1-4H3,(H,36,41)/t21?,24-,39?,40?/m0/s1. The second kappa shape index (κ2) is 14.3. The molecule has 2 aromatic heterocycles. The Morgan fingerprint density at radius 3 is 2.32 bits per heavy atom. The number of aryl methyl sites for hydroxylation is 1. The van der Waals surface area contributed by atoms with Gasteiger partial charge < -0.3 is 14.3 Å². The van der Waals surface area contributed by atoms with E-state index in [0.717, 1.165) is 33.5 Å². The molecule has 5 rings (SSSR count). The number of ether oxygens (including phenoxy) is 2. The summed E-state index contributed by atoms with van der Waals surface area (Å²) in [5, 5.41) is 6.41. The van der Waals surface area contributed by atoms with Crippen LogP contribution in [0.4, 0.5) is 13.2 Å². The van der Waals surface area contributed by atoms with Crippen molar-refractivity contribution < 1.29 is 54.9 Å². The van der Waals surface area contributed by atoms with E-state index in [1.165, 1.54) is 24.0 Å².